The first-order valence-corrected chi connectivity index (χ1v) is 7.50. The van der Waals surface area contributed by atoms with Crippen LogP contribution >= 0.6 is 0 Å². The summed E-state index contributed by atoms with van der Waals surface area (Å²) in [6, 6.07) is 16.8. The molecule has 0 aliphatic rings. The first kappa shape index (κ1) is 16.7. The van der Waals surface area contributed by atoms with Crippen molar-refractivity contribution in [2.24, 2.45) is 0 Å². The van der Waals surface area contributed by atoms with E-state index in [-0.39, 0.29) is 12.5 Å². The number of carbonyl (C=O) groups is 1. The number of nitrogens with one attached hydrogen (secondary N) is 1. The van der Waals surface area contributed by atoms with Crippen molar-refractivity contribution in [2.75, 3.05) is 26.9 Å². The van der Waals surface area contributed by atoms with Gasteiger partial charge in [0.1, 0.15) is 5.75 Å². The predicted molar refractivity (Wildman–Crippen MR) is 88.1 cm³/mol. The van der Waals surface area contributed by atoms with Crippen molar-refractivity contribution >= 4 is 5.91 Å². The zero-order chi connectivity index (χ0) is 16.3. The van der Waals surface area contributed by atoms with Gasteiger partial charge in [-0.1, -0.05) is 30.3 Å². The standard InChI is InChI=1S/C18H21NO4/c1-21-16-10-5-6-11-17(16)23-14-18(20)19-12-7-13-22-15-8-3-2-4-9-15/h2-6,8-11H,7,12-14H2,1H3,(H,19,20). The maximum absolute atomic E-state index is 11.7. The van der Waals surface area contributed by atoms with Gasteiger partial charge >= 0.3 is 0 Å². The highest BCUT2D eigenvalue weighted by Gasteiger charge is 2.06. The fourth-order valence-corrected chi connectivity index (χ4v) is 1.94. The maximum atomic E-state index is 11.7. The molecule has 5 nitrogen and oxygen atoms in total. The molecule has 23 heavy (non-hydrogen) atoms. The van der Waals surface area contributed by atoms with Crippen LogP contribution in [0.25, 0.3) is 0 Å². The molecule has 0 aliphatic carbocycles. The predicted octanol–water partition coefficient (Wildman–Crippen LogP) is 2.66. The van der Waals surface area contributed by atoms with Crippen LogP contribution in [-0.2, 0) is 4.79 Å². The minimum absolute atomic E-state index is 0.0418. The quantitative estimate of drug-likeness (QED) is 0.723. The van der Waals surface area contributed by atoms with Gasteiger partial charge in [-0.2, -0.15) is 0 Å². The second-order valence-electron chi connectivity index (χ2n) is 4.80. The summed E-state index contributed by atoms with van der Waals surface area (Å²) in [4.78, 5) is 11.7. The molecule has 122 valence electrons. The Morgan fingerprint density at radius 3 is 2.39 bits per heavy atom. The topological polar surface area (TPSA) is 56.8 Å². The average Bonchev–Trinajstić information content (AvgIpc) is 2.60. The van der Waals surface area contributed by atoms with Gasteiger partial charge in [-0.25, -0.2) is 0 Å². The zero-order valence-corrected chi connectivity index (χ0v) is 13.2. The third-order valence-electron chi connectivity index (χ3n) is 3.08. The summed E-state index contributed by atoms with van der Waals surface area (Å²) >= 11 is 0. The molecule has 2 aromatic carbocycles. The highest BCUT2D eigenvalue weighted by atomic mass is 16.5. The Kier molecular flexibility index (Phi) is 6.78. The van der Waals surface area contributed by atoms with Crippen LogP contribution in [0.3, 0.4) is 0 Å². The van der Waals surface area contributed by atoms with Gasteiger partial charge in [-0.15, -0.1) is 0 Å². The number of benzene rings is 2. The number of methoxy groups -OCH3 is 1. The van der Waals surface area contributed by atoms with Crippen molar-refractivity contribution in [3.63, 3.8) is 0 Å². The first-order valence-electron chi connectivity index (χ1n) is 7.50. The van der Waals surface area contributed by atoms with Crippen LogP contribution in [0.1, 0.15) is 6.42 Å². The third kappa shape index (κ3) is 5.90. The minimum atomic E-state index is -0.171. The van der Waals surface area contributed by atoms with Gasteiger partial charge < -0.3 is 19.5 Å². The summed E-state index contributed by atoms with van der Waals surface area (Å²) in [6.45, 7) is 1.05. The van der Waals surface area contributed by atoms with E-state index < -0.39 is 0 Å². The maximum Gasteiger partial charge on any atom is 0.257 e. The van der Waals surface area contributed by atoms with Gasteiger partial charge in [0.15, 0.2) is 18.1 Å². The SMILES string of the molecule is COc1ccccc1OCC(=O)NCCCOc1ccccc1. The van der Waals surface area contributed by atoms with E-state index in [1.54, 1.807) is 19.2 Å². The lowest BCUT2D eigenvalue weighted by Crippen LogP contribution is -2.30. The monoisotopic (exact) mass is 315 g/mol. The Labute approximate surface area is 136 Å². The number of rotatable bonds is 9. The molecule has 0 heterocycles. The number of carbonyl (C=O) groups excluding carboxylic acids is 1. The summed E-state index contributed by atoms with van der Waals surface area (Å²) in [5, 5.41) is 2.79. The summed E-state index contributed by atoms with van der Waals surface area (Å²) < 4.78 is 16.2. The van der Waals surface area contributed by atoms with Gasteiger partial charge in [0.25, 0.3) is 5.91 Å². The van der Waals surface area contributed by atoms with Crippen LogP contribution in [0.2, 0.25) is 0 Å². The van der Waals surface area contributed by atoms with Gasteiger partial charge in [-0.3, -0.25) is 4.79 Å². The van der Waals surface area contributed by atoms with Gasteiger partial charge in [-0.05, 0) is 30.7 Å². The molecule has 0 saturated heterocycles. The summed E-state index contributed by atoms with van der Waals surface area (Å²) in [5.41, 5.74) is 0. The van der Waals surface area contributed by atoms with Crippen molar-refractivity contribution in [1.29, 1.82) is 0 Å². The molecular formula is C18H21NO4. The normalized spacial score (nSPS) is 9.96. The molecule has 0 unspecified atom stereocenters. The van der Waals surface area contributed by atoms with E-state index in [0.29, 0.717) is 24.7 Å². The van der Waals surface area contributed by atoms with Crippen LogP contribution in [0.4, 0.5) is 0 Å². The number of para-hydroxylation sites is 3. The number of hydrogen-bond donors (Lipinski definition) is 1. The van der Waals surface area contributed by atoms with Crippen LogP contribution < -0.4 is 19.5 Å². The Bertz CT molecular complexity index is 601. The fourth-order valence-electron chi connectivity index (χ4n) is 1.94. The molecule has 0 fully saturated rings. The Morgan fingerprint density at radius 1 is 0.957 bits per heavy atom. The summed E-state index contributed by atoms with van der Waals surface area (Å²) in [5.74, 6) is 1.82. The van der Waals surface area contributed by atoms with E-state index in [1.165, 1.54) is 0 Å². The first-order chi connectivity index (χ1) is 11.3. The fraction of sp³-hybridized carbons (Fsp3) is 0.278. The average molecular weight is 315 g/mol. The van der Waals surface area contributed by atoms with Gasteiger partial charge in [0, 0.05) is 6.54 Å². The van der Waals surface area contributed by atoms with Crippen molar-refractivity contribution < 1.29 is 19.0 Å². The Morgan fingerprint density at radius 2 is 1.65 bits per heavy atom. The highest BCUT2D eigenvalue weighted by molar-refractivity contribution is 5.77. The molecule has 1 amide bonds. The molecule has 5 heteroatoms. The molecule has 2 aromatic rings. The molecule has 0 aromatic heterocycles. The lowest BCUT2D eigenvalue weighted by Gasteiger charge is -2.10. The van der Waals surface area contributed by atoms with Crippen LogP contribution in [-0.4, -0.2) is 32.8 Å². The Balaban J connectivity index is 1.60. The molecule has 0 spiro atoms. The van der Waals surface area contributed by atoms with Crippen LogP contribution in [0, 0.1) is 0 Å². The van der Waals surface area contributed by atoms with E-state index in [2.05, 4.69) is 5.32 Å². The molecule has 0 bridgehead atoms. The molecule has 2 rings (SSSR count). The van der Waals surface area contributed by atoms with Gasteiger partial charge in [0.05, 0.1) is 13.7 Å². The molecular weight excluding hydrogens is 294 g/mol. The second kappa shape index (κ2) is 9.35. The second-order valence-corrected chi connectivity index (χ2v) is 4.80. The van der Waals surface area contributed by atoms with E-state index in [0.717, 1.165) is 12.2 Å². The Hall–Kier alpha value is -2.69. The number of ether oxygens (including phenoxy) is 3. The van der Waals surface area contributed by atoms with Crippen molar-refractivity contribution in [1.82, 2.24) is 5.32 Å². The molecule has 1 N–H and O–H groups in total. The highest BCUT2D eigenvalue weighted by Crippen LogP contribution is 2.25. The lowest BCUT2D eigenvalue weighted by molar-refractivity contribution is -0.123. The van der Waals surface area contributed by atoms with E-state index in [4.69, 9.17) is 14.2 Å². The van der Waals surface area contributed by atoms with Crippen molar-refractivity contribution in [2.45, 2.75) is 6.42 Å². The van der Waals surface area contributed by atoms with Crippen LogP contribution in [0.5, 0.6) is 17.2 Å². The number of amides is 1. The van der Waals surface area contributed by atoms with E-state index in [9.17, 15) is 4.79 Å². The van der Waals surface area contributed by atoms with Crippen molar-refractivity contribution in [3.05, 3.63) is 54.6 Å². The van der Waals surface area contributed by atoms with Gasteiger partial charge in [0.2, 0.25) is 0 Å². The third-order valence-corrected chi connectivity index (χ3v) is 3.08. The van der Waals surface area contributed by atoms with E-state index in [1.807, 2.05) is 42.5 Å². The lowest BCUT2D eigenvalue weighted by atomic mass is 10.3. The zero-order valence-electron chi connectivity index (χ0n) is 13.2. The largest absolute Gasteiger partial charge is 0.494 e. The van der Waals surface area contributed by atoms with E-state index >= 15 is 0 Å². The summed E-state index contributed by atoms with van der Waals surface area (Å²) in [7, 11) is 1.56. The number of hydrogen-bond acceptors (Lipinski definition) is 4. The molecule has 0 aliphatic heterocycles. The smallest absolute Gasteiger partial charge is 0.257 e. The molecule has 0 atom stereocenters. The molecule has 0 saturated carbocycles. The minimum Gasteiger partial charge on any atom is -0.494 e. The summed E-state index contributed by atoms with van der Waals surface area (Å²) in [6.07, 6.45) is 0.731. The van der Waals surface area contributed by atoms with Crippen molar-refractivity contribution in [3.8, 4) is 17.2 Å². The molecule has 0 radical (unpaired) electrons. The van der Waals surface area contributed by atoms with Crippen LogP contribution in [0.15, 0.2) is 54.6 Å².